The van der Waals surface area contributed by atoms with Crippen molar-refractivity contribution in [1.82, 2.24) is 9.62 Å². The van der Waals surface area contributed by atoms with Gasteiger partial charge in [0, 0.05) is 18.8 Å². The predicted octanol–water partition coefficient (Wildman–Crippen LogP) is 0.309. The van der Waals surface area contributed by atoms with Gasteiger partial charge in [0.15, 0.2) is 0 Å². The summed E-state index contributed by atoms with van der Waals surface area (Å²) in [6, 6.07) is 6.70. The lowest BCUT2D eigenvalue weighted by Gasteiger charge is -2.39. The molecule has 0 saturated carbocycles. The molecule has 0 radical (unpaired) electrons. The maximum absolute atomic E-state index is 12.5. The van der Waals surface area contributed by atoms with Crippen molar-refractivity contribution in [2.45, 2.75) is 25.1 Å². The molecule has 110 valence electrons. The molecule has 0 spiro atoms. The van der Waals surface area contributed by atoms with Gasteiger partial charge < -0.3 is 11.1 Å². The number of carbonyl (C=O) groups is 1. The lowest BCUT2D eigenvalue weighted by Crippen LogP contribution is -2.63. The minimum Gasteiger partial charge on any atom is -0.399 e. The molecule has 1 saturated heterocycles. The highest BCUT2D eigenvalue weighted by Crippen LogP contribution is 2.24. The van der Waals surface area contributed by atoms with Crippen molar-refractivity contribution in [3.8, 4) is 0 Å². The van der Waals surface area contributed by atoms with Crippen LogP contribution in [0.2, 0.25) is 0 Å². The predicted molar refractivity (Wildman–Crippen MR) is 77.3 cm³/mol. The lowest BCUT2D eigenvalue weighted by molar-refractivity contribution is -0.131. The zero-order chi connectivity index (χ0) is 15.0. The average Bonchev–Trinajstić information content (AvgIpc) is 2.35. The standard InChI is InChI=1S/C13H19N3O3S/c1-13(2)12(17)15-7-8-16(13)20(18,19)9-10-3-5-11(14)6-4-10/h3-6H,7-9,14H2,1-2H3,(H,15,17). The highest BCUT2D eigenvalue weighted by molar-refractivity contribution is 7.88. The van der Waals surface area contributed by atoms with Crippen molar-refractivity contribution >= 4 is 21.6 Å². The van der Waals surface area contributed by atoms with E-state index in [9.17, 15) is 13.2 Å². The van der Waals surface area contributed by atoms with Gasteiger partial charge in [0.1, 0.15) is 5.54 Å². The number of nitrogens with zero attached hydrogens (tertiary/aromatic N) is 1. The largest absolute Gasteiger partial charge is 0.399 e. The highest BCUT2D eigenvalue weighted by Gasteiger charge is 2.44. The molecule has 0 aromatic heterocycles. The van der Waals surface area contributed by atoms with E-state index >= 15 is 0 Å². The van der Waals surface area contributed by atoms with E-state index in [0.29, 0.717) is 17.8 Å². The van der Waals surface area contributed by atoms with Gasteiger partial charge in [-0.15, -0.1) is 0 Å². The molecule has 2 rings (SSSR count). The van der Waals surface area contributed by atoms with Crippen LogP contribution in [0.4, 0.5) is 5.69 Å². The number of hydrogen-bond donors (Lipinski definition) is 2. The van der Waals surface area contributed by atoms with E-state index < -0.39 is 15.6 Å². The molecule has 1 aromatic carbocycles. The lowest BCUT2D eigenvalue weighted by atomic mass is 10.0. The van der Waals surface area contributed by atoms with Crippen molar-refractivity contribution in [2.24, 2.45) is 0 Å². The van der Waals surface area contributed by atoms with E-state index in [0.717, 1.165) is 0 Å². The van der Waals surface area contributed by atoms with Gasteiger partial charge in [-0.3, -0.25) is 4.79 Å². The first-order valence-corrected chi connectivity index (χ1v) is 7.97. The second kappa shape index (κ2) is 5.06. The number of sulfonamides is 1. The molecule has 1 aliphatic rings. The number of benzene rings is 1. The van der Waals surface area contributed by atoms with E-state index in [1.165, 1.54) is 4.31 Å². The van der Waals surface area contributed by atoms with E-state index in [4.69, 9.17) is 5.73 Å². The summed E-state index contributed by atoms with van der Waals surface area (Å²) >= 11 is 0. The van der Waals surface area contributed by atoms with Crippen LogP contribution in [0, 0.1) is 0 Å². The smallest absolute Gasteiger partial charge is 0.241 e. The third-order valence-corrected chi connectivity index (χ3v) is 5.45. The summed E-state index contributed by atoms with van der Waals surface area (Å²) in [5, 5.41) is 2.68. The number of anilines is 1. The number of piperazine rings is 1. The maximum Gasteiger partial charge on any atom is 0.241 e. The summed E-state index contributed by atoms with van der Waals surface area (Å²) in [5.74, 6) is -0.408. The van der Waals surface area contributed by atoms with Gasteiger partial charge in [-0.1, -0.05) is 12.1 Å². The molecule has 0 unspecified atom stereocenters. The summed E-state index contributed by atoms with van der Waals surface area (Å²) in [6.45, 7) is 3.85. The number of amides is 1. The van der Waals surface area contributed by atoms with Gasteiger partial charge in [-0.05, 0) is 31.5 Å². The van der Waals surface area contributed by atoms with Crippen LogP contribution in [0.3, 0.4) is 0 Å². The van der Waals surface area contributed by atoms with Crippen LogP contribution < -0.4 is 11.1 Å². The molecule has 3 N–H and O–H groups in total. The Labute approximate surface area is 119 Å². The van der Waals surface area contributed by atoms with Gasteiger partial charge in [-0.2, -0.15) is 4.31 Å². The summed E-state index contributed by atoms with van der Waals surface area (Å²) in [4.78, 5) is 11.8. The van der Waals surface area contributed by atoms with Crippen LogP contribution >= 0.6 is 0 Å². The van der Waals surface area contributed by atoms with Crippen LogP contribution in [0.1, 0.15) is 19.4 Å². The monoisotopic (exact) mass is 297 g/mol. The number of carbonyl (C=O) groups excluding carboxylic acids is 1. The second-order valence-electron chi connectivity index (χ2n) is 5.38. The van der Waals surface area contributed by atoms with Gasteiger partial charge in [0.05, 0.1) is 5.75 Å². The summed E-state index contributed by atoms with van der Waals surface area (Å²) in [6.07, 6.45) is 0. The molecular weight excluding hydrogens is 278 g/mol. The van der Waals surface area contributed by atoms with Gasteiger partial charge in [0.2, 0.25) is 15.9 Å². The van der Waals surface area contributed by atoms with Crippen molar-refractivity contribution in [3.63, 3.8) is 0 Å². The number of nitrogens with one attached hydrogen (secondary N) is 1. The van der Waals surface area contributed by atoms with Crippen molar-refractivity contribution in [2.75, 3.05) is 18.8 Å². The molecule has 0 atom stereocenters. The Bertz CT molecular complexity index is 608. The van der Waals surface area contributed by atoms with E-state index in [1.807, 2.05) is 0 Å². The minimum absolute atomic E-state index is 0.135. The SMILES string of the molecule is CC1(C)C(=O)NCCN1S(=O)(=O)Cc1ccc(N)cc1. The van der Waals surface area contributed by atoms with Crippen molar-refractivity contribution < 1.29 is 13.2 Å². The minimum atomic E-state index is -3.56. The van der Waals surface area contributed by atoms with E-state index in [2.05, 4.69) is 5.32 Å². The highest BCUT2D eigenvalue weighted by atomic mass is 32.2. The molecule has 7 heteroatoms. The first-order valence-electron chi connectivity index (χ1n) is 6.37. The van der Waals surface area contributed by atoms with Crippen LogP contribution in [-0.2, 0) is 20.6 Å². The summed E-state index contributed by atoms with van der Waals surface area (Å²) < 4.78 is 26.3. The Morgan fingerprint density at radius 1 is 1.30 bits per heavy atom. The fourth-order valence-electron chi connectivity index (χ4n) is 2.27. The van der Waals surface area contributed by atoms with Crippen LogP contribution in [0.15, 0.2) is 24.3 Å². The fourth-order valence-corrected chi connectivity index (χ4v) is 4.19. The summed E-state index contributed by atoms with van der Waals surface area (Å²) in [7, 11) is -3.56. The fraction of sp³-hybridized carbons (Fsp3) is 0.462. The Balaban J connectivity index is 2.25. The Morgan fingerprint density at radius 3 is 2.50 bits per heavy atom. The van der Waals surface area contributed by atoms with Crippen LogP contribution in [-0.4, -0.2) is 37.3 Å². The molecule has 1 heterocycles. The normalized spacial score (nSPS) is 19.6. The Kier molecular flexibility index (Phi) is 3.75. The number of hydrogen-bond acceptors (Lipinski definition) is 4. The molecular formula is C13H19N3O3S. The number of rotatable bonds is 3. The first kappa shape index (κ1) is 14.8. The second-order valence-corrected chi connectivity index (χ2v) is 7.28. The average molecular weight is 297 g/mol. The molecule has 20 heavy (non-hydrogen) atoms. The third kappa shape index (κ3) is 2.78. The topological polar surface area (TPSA) is 92.5 Å². The van der Waals surface area contributed by atoms with E-state index in [-0.39, 0.29) is 18.2 Å². The van der Waals surface area contributed by atoms with E-state index in [1.54, 1.807) is 38.1 Å². The van der Waals surface area contributed by atoms with Gasteiger partial charge in [0.25, 0.3) is 0 Å². The quantitative estimate of drug-likeness (QED) is 0.785. The molecule has 1 fully saturated rings. The number of nitrogen functional groups attached to an aromatic ring is 1. The molecule has 6 nitrogen and oxygen atoms in total. The van der Waals surface area contributed by atoms with Gasteiger partial charge in [-0.25, -0.2) is 8.42 Å². The molecule has 1 aliphatic heterocycles. The molecule has 1 amide bonds. The molecule has 1 aromatic rings. The summed E-state index contributed by atoms with van der Waals surface area (Å²) in [5.41, 5.74) is 5.76. The zero-order valence-electron chi connectivity index (χ0n) is 11.6. The van der Waals surface area contributed by atoms with Crippen molar-refractivity contribution in [3.05, 3.63) is 29.8 Å². The van der Waals surface area contributed by atoms with Gasteiger partial charge >= 0.3 is 0 Å². The maximum atomic E-state index is 12.5. The van der Waals surface area contributed by atoms with Crippen molar-refractivity contribution in [1.29, 1.82) is 0 Å². The Hall–Kier alpha value is -1.60. The number of nitrogens with two attached hydrogens (primary N) is 1. The molecule has 0 bridgehead atoms. The molecule has 0 aliphatic carbocycles. The Morgan fingerprint density at radius 2 is 1.90 bits per heavy atom. The third-order valence-electron chi connectivity index (χ3n) is 3.44. The van der Waals surface area contributed by atoms with Crippen LogP contribution in [0.25, 0.3) is 0 Å². The first-order chi connectivity index (χ1) is 9.23. The van der Waals surface area contributed by atoms with Crippen LogP contribution in [0.5, 0.6) is 0 Å². The zero-order valence-corrected chi connectivity index (χ0v) is 12.4.